The summed E-state index contributed by atoms with van der Waals surface area (Å²) < 4.78 is 11.8. The van der Waals surface area contributed by atoms with Gasteiger partial charge in [-0.15, -0.1) is 0 Å². The molecular formula is C48H59N3O5. The van der Waals surface area contributed by atoms with Crippen LogP contribution in [0.5, 0.6) is 0 Å². The molecule has 56 heavy (non-hydrogen) atoms. The molecule has 2 saturated carbocycles. The lowest BCUT2D eigenvalue weighted by Gasteiger charge is -2.26. The molecule has 0 aromatic heterocycles. The molecule has 3 aromatic carbocycles. The molecule has 8 heteroatoms. The topological polar surface area (TPSA) is 82.5 Å². The van der Waals surface area contributed by atoms with E-state index in [1.54, 1.807) is 0 Å². The van der Waals surface area contributed by atoms with Gasteiger partial charge in [-0.2, -0.15) is 0 Å². The van der Waals surface area contributed by atoms with E-state index in [0.717, 1.165) is 48.3 Å². The Balaban J connectivity index is 0.000000110. The Kier molecular flexibility index (Phi) is 10.7. The molecule has 8 nitrogen and oxygen atoms in total. The number of rotatable bonds is 5. The minimum absolute atomic E-state index is 0.153. The fraction of sp³-hybridized carbons (Fsp3) is 0.542. The number of aliphatic hydroxyl groups excluding tert-OH is 1. The number of allylic oxidation sites excluding steroid dienone is 1. The fourth-order valence-electron chi connectivity index (χ4n) is 12.1. The first-order valence-corrected chi connectivity index (χ1v) is 21.3. The molecule has 0 radical (unpaired) electrons. The highest BCUT2D eigenvalue weighted by Gasteiger charge is 2.57. The summed E-state index contributed by atoms with van der Waals surface area (Å²) in [6, 6.07) is 31.8. The van der Waals surface area contributed by atoms with E-state index < -0.39 is 0 Å². The van der Waals surface area contributed by atoms with Crippen molar-refractivity contribution in [2.75, 3.05) is 26.4 Å². The number of nitrogens with zero attached hydrogens (tertiary/aromatic N) is 3. The number of ether oxygens (including phenoxy) is 2. The Morgan fingerprint density at radius 3 is 1.88 bits per heavy atom. The van der Waals surface area contributed by atoms with E-state index in [1.807, 2.05) is 58.3 Å². The normalized spacial score (nSPS) is 37.6. The zero-order valence-corrected chi connectivity index (χ0v) is 33.2. The Morgan fingerprint density at radius 2 is 1.23 bits per heavy atom. The molecule has 8 aliphatic rings. The van der Waals surface area contributed by atoms with Gasteiger partial charge in [0.1, 0.15) is 0 Å². The SMILES string of the molecule is CC1=C[C@@H]2[C@H]3CO[C@H](c4ccccc4)N3C(=O)[C@@H]2C1.CC1C[C@@H]2[C@H]3CO[C@H](c4ccccc4)N3C(=O)[C@@H]2C1.CC1C[C@H]2CN(Cc3ccccc3)[C@H](CO)[C@H]2C1. The molecule has 5 aliphatic heterocycles. The minimum atomic E-state index is -0.182. The minimum Gasteiger partial charge on any atom is -0.395 e. The van der Waals surface area contributed by atoms with Crippen molar-refractivity contribution >= 4 is 11.8 Å². The molecule has 1 N–H and O–H groups in total. The van der Waals surface area contributed by atoms with Gasteiger partial charge in [-0.25, -0.2) is 0 Å². The first-order chi connectivity index (χ1) is 27.3. The van der Waals surface area contributed by atoms with Gasteiger partial charge in [0, 0.05) is 42.1 Å². The molecular weight excluding hydrogens is 699 g/mol. The zero-order valence-electron chi connectivity index (χ0n) is 33.2. The second kappa shape index (κ2) is 15.8. The Morgan fingerprint density at radius 1 is 0.679 bits per heavy atom. The van der Waals surface area contributed by atoms with E-state index >= 15 is 0 Å². The molecule has 296 valence electrons. The average molecular weight is 758 g/mol. The van der Waals surface area contributed by atoms with Gasteiger partial charge >= 0.3 is 0 Å². The highest BCUT2D eigenvalue weighted by Crippen LogP contribution is 2.52. The van der Waals surface area contributed by atoms with Crippen molar-refractivity contribution in [3.8, 4) is 0 Å². The molecule has 0 spiro atoms. The van der Waals surface area contributed by atoms with Crippen LogP contribution in [0.3, 0.4) is 0 Å². The summed E-state index contributed by atoms with van der Waals surface area (Å²) in [7, 11) is 0. The molecule has 7 fully saturated rings. The van der Waals surface area contributed by atoms with Crippen molar-refractivity contribution in [1.29, 1.82) is 0 Å². The van der Waals surface area contributed by atoms with E-state index in [9.17, 15) is 14.7 Å². The van der Waals surface area contributed by atoms with Crippen LogP contribution in [0.15, 0.2) is 103 Å². The van der Waals surface area contributed by atoms with E-state index in [0.29, 0.717) is 55.6 Å². The number of benzene rings is 3. The maximum Gasteiger partial charge on any atom is 0.229 e. The summed E-state index contributed by atoms with van der Waals surface area (Å²) >= 11 is 0. The molecule has 3 aliphatic carbocycles. The fourth-order valence-corrected chi connectivity index (χ4v) is 12.1. The lowest BCUT2D eigenvalue weighted by molar-refractivity contribution is -0.138. The van der Waals surface area contributed by atoms with Crippen LogP contribution in [0.1, 0.15) is 82.0 Å². The summed E-state index contributed by atoms with van der Waals surface area (Å²) in [4.78, 5) is 31.8. The standard InChI is InChI=1S/C16H19NO2.C16H17NO2.C16H23NO/c2*1-10-7-12-13(8-10)15(18)17-14(12)9-19-16(17)11-5-3-2-4-6-11;1-12-7-14-10-17(16(11-18)15(14)8-12)9-13-5-3-2-4-6-13/h2-6,10,12-14,16H,7-9H2,1H3;2-7,12-14,16H,8-9H2,1H3;2-6,12,14-16,18H,7-11H2,1H3/t10?,12-,13+,14+,16+;12-,13+,14+,16+;12?,14-,15-,16+/m000/s1. The summed E-state index contributed by atoms with van der Waals surface area (Å²) in [5.74, 6) is 5.01. The van der Waals surface area contributed by atoms with Crippen molar-refractivity contribution in [3.05, 3.63) is 119 Å². The number of hydrogen-bond acceptors (Lipinski definition) is 6. The smallest absolute Gasteiger partial charge is 0.229 e. The van der Waals surface area contributed by atoms with Gasteiger partial charge in [-0.1, -0.05) is 116 Å². The lowest BCUT2D eigenvalue weighted by Crippen LogP contribution is -2.35. The second-order valence-corrected chi connectivity index (χ2v) is 18.2. The van der Waals surface area contributed by atoms with Crippen LogP contribution >= 0.6 is 0 Å². The third-order valence-corrected chi connectivity index (χ3v) is 14.5. The van der Waals surface area contributed by atoms with Crippen LogP contribution in [0, 0.1) is 47.3 Å². The summed E-state index contributed by atoms with van der Waals surface area (Å²) in [5, 5.41) is 9.71. The maximum atomic E-state index is 12.6. The van der Waals surface area contributed by atoms with Gasteiger partial charge in [-0.3, -0.25) is 14.5 Å². The Bertz CT molecular complexity index is 1870. The highest BCUT2D eigenvalue weighted by molar-refractivity contribution is 5.84. The van der Waals surface area contributed by atoms with Gasteiger partial charge in [0.15, 0.2) is 12.5 Å². The number of likely N-dealkylation sites (tertiary alicyclic amines) is 1. The average Bonchev–Trinajstić information content (AvgIpc) is 4.09. The maximum absolute atomic E-state index is 12.6. The van der Waals surface area contributed by atoms with Crippen molar-refractivity contribution in [2.24, 2.45) is 47.3 Å². The molecule has 11 rings (SSSR count). The van der Waals surface area contributed by atoms with Crippen LogP contribution in [0.4, 0.5) is 0 Å². The third kappa shape index (κ3) is 6.95. The molecule has 13 atom stereocenters. The van der Waals surface area contributed by atoms with E-state index in [1.165, 1.54) is 36.9 Å². The number of aliphatic hydroxyl groups is 1. The van der Waals surface area contributed by atoms with E-state index in [2.05, 4.69) is 74.2 Å². The van der Waals surface area contributed by atoms with Crippen LogP contribution < -0.4 is 0 Å². The predicted molar refractivity (Wildman–Crippen MR) is 215 cm³/mol. The monoisotopic (exact) mass is 757 g/mol. The van der Waals surface area contributed by atoms with Gasteiger partial charge in [0.2, 0.25) is 11.8 Å². The Labute approximate surface area is 332 Å². The number of carbonyl (C=O) groups is 2. The molecule has 2 unspecified atom stereocenters. The zero-order chi connectivity index (χ0) is 38.5. The third-order valence-electron chi connectivity index (χ3n) is 14.5. The summed E-state index contributed by atoms with van der Waals surface area (Å²) in [5.41, 5.74) is 4.90. The largest absolute Gasteiger partial charge is 0.395 e. The molecule has 5 saturated heterocycles. The van der Waals surface area contributed by atoms with E-state index in [4.69, 9.17) is 9.47 Å². The molecule has 5 heterocycles. The van der Waals surface area contributed by atoms with Crippen LogP contribution in [-0.2, 0) is 25.6 Å². The number of carbonyl (C=O) groups excluding carboxylic acids is 2. The predicted octanol–water partition coefficient (Wildman–Crippen LogP) is 7.62. The second-order valence-electron chi connectivity index (χ2n) is 18.2. The Hall–Kier alpha value is -3.82. The number of hydrogen-bond donors (Lipinski definition) is 1. The van der Waals surface area contributed by atoms with Gasteiger partial charge in [0.25, 0.3) is 0 Å². The van der Waals surface area contributed by atoms with Gasteiger partial charge in [0.05, 0.1) is 37.8 Å². The lowest BCUT2D eigenvalue weighted by atomic mass is 9.94. The summed E-state index contributed by atoms with van der Waals surface area (Å²) in [6.45, 7) is 10.6. The molecule has 0 bridgehead atoms. The number of fused-ring (bicyclic) bond motifs is 7. The van der Waals surface area contributed by atoms with Crippen LogP contribution in [0.2, 0.25) is 0 Å². The van der Waals surface area contributed by atoms with Gasteiger partial charge in [-0.05, 0) is 74.2 Å². The van der Waals surface area contributed by atoms with Gasteiger partial charge < -0.3 is 24.4 Å². The molecule has 2 amide bonds. The summed E-state index contributed by atoms with van der Waals surface area (Å²) in [6.07, 6.45) is 7.79. The van der Waals surface area contributed by atoms with Crippen LogP contribution in [-0.4, -0.2) is 76.1 Å². The van der Waals surface area contributed by atoms with Crippen molar-refractivity contribution in [1.82, 2.24) is 14.7 Å². The van der Waals surface area contributed by atoms with Crippen molar-refractivity contribution in [3.63, 3.8) is 0 Å². The first kappa shape index (κ1) is 37.7. The van der Waals surface area contributed by atoms with Crippen molar-refractivity contribution in [2.45, 2.75) is 90.0 Å². The highest BCUT2D eigenvalue weighted by atomic mass is 16.5. The first-order valence-electron chi connectivity index (χ1n) is 21.3. The van der Waals surface area contributed by atoms with Crippen LogP contribution in [0.25, 0.3) is 0 Å². The van der Waals surface area contributed by atoms with E-state index in [-0.39, 0.29) is 36.2 Å². The number of amides is 2. The van der Waals surface area contributed by atoms with Crippen molar-refractivity contribution < 1.29 is 24.2 Å². The molecule has 3 aromatic rings. The quantitative estimate of drug-likeness (QED) is 0.270.